The normalized spacial score (nSPS) is 18.9. The summed E-state index contributed by atoms with van der Waals surface area (Å²) in [5.74, 6) is -0.409. The number of hydrogen-bond donors (Lipinski definition) is 3. The van der Waals surface area contributed by atoms with Gasteiger partial charge in [0.2, 0.25) is 5.91 Å². The summed E-state index contributed by atoms with van der Waals surface area (Å²) in [6.07, 6.45) is 0.182. The van der Waals surface area contributed by atoms with Gasteiger partial charge < -0.3 is 20.6 Å². The molecule has 0 aromatic rings. The van der Waals surface area contributed by atoms with Gasteiger partial charge in [0.1, 0.15) is 6.04 Å². The predicted molar refractivity (Wildman–Crippen MR) is 62.7 cm³/mol. The highest BCUT2D eigenvalue weighted by atomic mass is 32.2. The zero-order chi connectivity index (χ0) is 12.8. The van der Waals surface area contributed by atoms with Gasteiger partial charge in [0.05, 0.1) is 5.88 Å². The standard InChI is InChI=1S/C9H15N3O4S/c1-10-7(13)2-3-11-9(16)12-5-17-4-6(12)8(14)15/h6H,2-5H2,1H3,(H,10,13)(H,11,16)(H,14,15). The average molecular weight is 261 g/mol. The Labute approximate surface area is 103 Å². The lowest BCUT2D eigenvalue weighted by Crippen LogP contribution is -2.47. The van der Waals surface area contributed by atoms with Gasteiger partial charge in [0, 0.05) is 25.8 Å². The Bertz CT molecular complexity index is 323. The van der Waals surface area contributed by atoms with Crippen molar-refractivity contribution in [1.29, 1.82) is 0 Å². The van der Waals surface area contributed by atoms with Crippen LogP contribution in [-0.4, -0.2) is 59.2 Å². The van der Waals surface area contributed by atoms with Crippen molar-refractivity contribution in [2.45, 2.75) is 12.5 Å². The zero-order valence-corrected chi connectivity index (χ0v) is 10.2. The second kappa shape index (κ2) is 6.33. The van der Waals surface area contributed by atoms with E-state index in [9.17, 15) is 14.4 Å². The van der Waals surface area contributed by atoms with Crippen LogP contribution in [0.2, 0.25) is 0 Å². The van der Waals surface area contributed by atoms with Gasteiger partial charge in [0.25, 0.3) is 0 Å². The number of nitrogens with zero attached hydrogens (tertiary/aromatic N) is 1. The molecule has 96 valence electrons. The first-order valence-electron chi connectivity index (χ1n) is 5.12. The molecule has 17 heavy (non-hydrogen) atoms. The maximum absolute atomic E-state index is 11.6. The largest absolute Gasteiger partial charge is 0.480 e. The molecule has 1 aliphatic heterocycles. The fourth-order valence-electron chi connectivity index (χ4n) is 1.36. The number of urea groups is 1. The quantitative estimate of drug-likeness (QED) is 0.621. The van der Waals surface area contributed by atoms with E-state index in [-0.39, 0.29) is 18.9 Å². The Morgan fingerprint density at radius 2 is 2.18 bits per heavy atom. The van der Waals surface area contributed by atoms with Crippen LogP contribution in [0.15, 0.2) is 0 Å². The molecule has 0 saturated carbocycles. The number of nitrogens with one attached hydrogen (secondary N) is 2. The van der Waals surface area contributed by atoms with E-state index in [1.807, 2.05) is 0 Å². The van der Waals surface area contributed by atoms with Gasteiger partial charge in [-0.1, -0.05) is 0 Å². The molecule has 0 aliphatic carbocycles. The van der Waals surface area contributed by atoms with Gasteiger partial charge in [-0.05, 0) is 0 Å². The number of rotatable bonds is 4. The van der Waals surface area contributed by atoms with Crippen molar-refractivity contribution in [2.24, 2.45) is 0 Å². The molecule has 1 unspecified atom stereocenters. The predicted octanol–water partition coefficient (Wildman–Crippen LogP) is -0.708. The fourth-order valence-corrected chi connectivity index (χ4v) is 2.50. The number of thioether (sulfide) groups is 1. The van der Waals surface area contributed by atoms with Crippen LogP contribution in [0.1, 0.15) is 6.42 Å². The van der Waals surface area contributed by atoms with E-state index >= 15 is 0 Å². The first-order chi connectivity index (χ1) is 8.06. The number of carbonyl (C=O) groups excluding carboxylic acids is 2. The van der Waals surface area contributed by atoms with Gasteiger partial charge in [-0.2, -0.15) is 0 Å². The van der Waals surface area contributed by atoms with Crippen LogP contribution < -0.4 is 10.6 Å². The number of carboxylic acids is 1. The molecule has 1 heterocycles. The van der Waals surface area contributed by atoms with Crippen LogP contribution in [0.25, 0.3) is 0 Å². The molecule has 1 atom stereocenters. The molecule has 7 nitrogen and oxygen atoms in total. The van der Waals surface area contributed by atoms with Crippen molar-refractivity contribution < 1.29 is 19.5 Å². The van der Waals surface area contributed by atoms with Crippen molar-refractivity contribution in [3.63, 3.8) is 0 Å². The molecule has 0 bridgehead atoms. The van der Waals surface area contributed by atoms with Gasteiger partial charge in [-0.15, -0.1) is 11.8 Å². The summed E-state index contributed by atoms with van der Waals surface area (Å²) in [7, 11) is 1.52. The lowest BCUT2D eigenvalue weighted by atomic mass is 10.3. The van der Waals surface area contributed by atoms with Crippen LogP contribution in [0.3, 0.4) is 0 Å². The van der Waals surface area contributed by atoms with Crippen LogP contribution in [0, 0.1) is 0 Å². The number of aliphatic carboxylic acids is 1. The Balaban J connectivity index is 2.37. The van der Waals surface area contributed by atoms with Crippen LogP contribution in [0.5, 0.6) is 0 Å². The SMILES string of the molecule is CNC(=O)CCNC(=O)N1CSCC1C(=O)O. The van der Waals surface area contributed by atoms with Gasteiger partial charge >= 0.3 is 12.0 Å². The highest BCUT2D eigenvalue weighted by Crippen LogP contribution is 2.20. The summed E-state index contributed by atoms with van der Waals surface area (Å²) < 4.78 is 0. The number of carbonyl (C=O) groups is 3. The zero-order valence-electron chi connectivity index (χ0n) is 9.43. The molecule has 1 aliphatic rings. The summed E-state index contributed by atoms with van der Waals surface area (Å²) >= 11 is 1.40. The van der Waals surface area contributed by atoms with Crippen molar-refractivity contribution >= 4 is 29.7 Å². The second-order valence-electron chi connectivity index (χ2n) is 3.48. The highest BCUT2D eigenvalue weighted by molar-refractivity contribution is 7.99. The number of carboxylic acid groups (broad SMARTS) is 1. The Morgan fingerprint density at radius 3 is 2.76 bits per heavy atom. The van der Waals surface area contributed by atoms with Crippen LogP contribution >= 0.6 is 11.8 Å². The third kappa shape index (κ3) is 3.81. The maximum atomic E-state index is 11.6. The molecular weight excluding hydrogens is 246 g/mol. The van der Waals surface area contributed by atoms with Crippen molar-refractivity contribution in [1.82, 2.24) is 15.5 Å². The Kier molecular flexibility index (Phi) is 5.08. The summed E-state index contributed by atoms with van der Waals surface area (Å²) in [4.78, 5) is 34.7. The third-order valence-corrected chi connectivity index (χ3v) is 3.35. The van der Waals surface area contributed by atoms with Gasteiger partial charge in [-0.25, -0.2) is 9.59 Å². The minimum Gasteiger partial charge on any atom is -0.480 e. The third-order valence-electron chi connectivity index (χ3n) is 2.34. The molecule has 1 fully saturated rings. The smallest absolute Gasteiger partial charge is 0.327 e. The minimum atomic E-state index is -1.00. The number of hydrogen-bond acceptors (Lipinski definition) is 4. The summed E-state index contributed by atoms with van der Waals surface area (Å²) in [6.45, 7) is 0.200. The van der Waals surface area contributed by atoms with E-state index in [1.165, 1.54) is 23.7 Å². The van der Waals surface area contributed by atoms with Gasteiger partial charge in [-0.3, -0.25) is 4.79 Å². The summed E-state index contributed by atoms with van der Waals surface area (Å²) in [5.41, 5.74) is 0. The van der Waals surface area contributed by atoms with E-state index in [2.05, 4.69) is 10.6 Å². The van der Waals surface area contributed by atoms with E-state index < -0.39 is 18.0 Å². The van der Waals surface area contributed by atoms with Crippen molar-refractivity contribution in [3.05, 3.63) is 0 Å². The lowest BCUT2D eigenvalue weighted by molar-refractivity contribution is -0.140. The molecule has 8 heteroatoms. The topological polar surface area (TPSA) is 98.7 Å². The van der Waals surface area contributed by atoms with Crippen molar-refractivity contribution in [3.8, 4) is 0 Å². The fraction of sp³-hybridized carbons (Fsp3) is 0.667. The molecule has 0 spiro atoms. The van der Waals surface area contributed by atoms with E-state index in [0.29, 0.717) is 11.6 Å². The first kappa shape index (κ1) is 13.6. The molecule has 3 N–H and O–H groups in total. The minimum absolute atomic E-state index is 0.170. The van der Waals surface area contributed by atoms with E-state index in [4.69, 9.17) is 5.11 Å². The maximum Gasteiger partial charge on any atom is 0.327 e. The van der Waals surface area contributed by atoms with Gasteiger partial charge in [0.15, 0.2) is 0 Å². The Hall–Kier alpha value is -1.44. The molecule has 1 rings (SSSR count). The molecule has 0 aromatic carbocycles. The summed E-state index contributed by atoms with van der Waals surface area (Å²) in [6, 6.07) is -1.22. The lowest BCUT2D eigenvalue weighted by Gasteiger charge is -2.20. The van der Waals surface area contributed by atoms with E-state index in [1.54, 1.807) is 0 Å². The molecule has 1 saturated heterocycles. The van der Waals surface area contributed by atoms with Crippen LogP contribution in [0.4, 0.5) is 4.79 Å². The van der Waals surface area contributed by atoms with Crippen molar-refractivity contribution in [2.75, 3.05) is 25.2 Å². The molecule has 0 radical (unpaired) electrons. The Morgan fingerprint density at radius 1 is 1.47 bits per heavy atom. The highest BCUT2D eigenvalue weighted by Gasteiger charge is 2.34. The monoisotopic (exact) mass is 261 g/mol. The first-order valence-corrected chi connectivity index (χ1v) is 6.27. The number of amides is 3. The average Bonchev–Trinajstić information content (AvgIpc) is 2.77. The van der Waals surface area contributed by atoms with Crippen LogP contribution in [-0.2, 0) is 9.59 Å². The molecule has 3 amide bonds. The molecular formula is C9H15N3O4S. The second-order valence-corrected chi connectivity index (χ2v) is 4.48. The van der Waals surface area contributed by atoms with E-state index in [0.717, 1.165) is 0 Å². The summed E-state index contributed by atoms with van der Waals surface area (Å²) in [5, 5.41) is 13.8. The molecule has 0 aromatic heterocycles.